The molecular formula is C11H13ClN2O5S. The molecule has 7 nitrogen and oxygen atoms in total. The van der Waals surface area contributed by atoms with Gasteiger partial charge in [0.05, 0.1) is 16.6 Å². The molecule has 1 amide bonds. The summed E-state index contributed by atoms with van der Waals surface area (Å²) in [5.41, 5.74) is -0.220. The topological polar surface area (TPSA) is 113 Å². The lowest BCUT2D eigenvalue weighted by molar-refractivity contribution is -0.121. The van der Waals surface area contributed by atoms with E-state index in [0.29, 0.717) is 0 Å². The van der Waals surface area contributed by atoms with E-state index in [-0.39, 0.29) is 10.6 Å². The number of sulfonamides is 1. The zero-order valence-corrected chi connectivity index (χ0v) is 12.2. The van der Waals surface area contributed by atoms with Crippen LogP contribution in [0, 0.1) is 0 Å². The minimum Gasteiger partial charge on any atom is -0.478 e. The molecule has 0 saturated carbocycles. The van der Waals surface area contributed by atoms with Crippen molar-refractivity contribution in [2.45, 2.75) is 17.9 Å². The second-order valence-corrected chi connectivity index (χ2v) is 6.00. The van der Waals surface area contributed by atoms with Crippen LogP contribution in [0.25, 0.3) is 0 Å². The molecule has 0 aliphatic heterocycles. The molecule has 9 heteroatoms. The molecule has 0 aliphatic rings. The van der Waals surface area contributed by atoms with Crippen LogP contribution in [0.15, 0.2) is 23.1 Å². The first kappa shape index (κ1) is 16.4. The Bertz CT molecular complexity index is 644. The summed E-state index contributed by atoms with van der Waals surface area (Å²) in [5, 5.41) is 11.0. The highest BCUT2D eigenvalue weighted by atomic mass is 35.5. The van der Waals surface area contributed by atoms with Gasteiger partial charge < -0.3 is 10.4 Å². The highest BCUT2D eigenvalue weighted by Gasteiger charge is 2.24. The van der Waals surface area contributed by atoms with Crippen LogP contribution in [-0.4, -0.2) is 38.5 Å². The predicted octanol–water partition coefficient (Wildman–Crippen LogP) is 0.451. The molecule has 1 aromatic carbocycles. The number of carboxylic acid groups (broad SMARTS) is 1. The fourth-order valence-electron chi connectivity index (χ4n) is 1.41. The van der Waals surface area contributed by atoms with Crippen LogP contribution >= 0.6 is 11.6 Å². The van der Waals surface area contributed by atoms with E-state index in [1.807, 2.05) is 0 Å². The Hall–Kier alpha value is -1.64. The van der Waals surface area contributed by atoms with Gasteiger partial charge in [0, 0.05) is 7.05 Å². The minimum absolute atomic E-state index is 0.133. The average molecular weight is 321 g/mol. The van der Waals surface area contributed by atoms with E-state index >= 15 is 0 Å². The molecule has 0 spiro atoms. The van der Waals surface area contributed by atoms with Crippen molar-refractivity contribution >= 4 is 33.5 Å². The number of aromatic carboxylic acids is 1. The third-order valence-corrected chi connectivity index (χ3v) is 4.46. The molecule has 0 fully saturated rings. The first-order valence-corrected chi connectivity index (χ1v) is 7.32. The van der Waals surface area contributed by atoms with Crippen LogP contribution in [0.2, 0.25) is 5.02 Å². The van der Waals surface area contributed by atoms with E-state index in [4.69, 9.17) is 16.7 Å². The Balaban J connectivity index is 3.18. The van der Waals surface area contributed by atoms with Crippen LogP contribution in [-0.2, 0) is 14.8 Å². The quantitative estimate of drug-likeness (QED) is 0.729. The second kappa shape index (κ2) is 6.21. The summed E-state index contributed by atoms with van der Waals surface area (Å²) in [6.07, 6.45) is 0. The van der Waals surface area contributed by atoms with Crippen molar-refractivity contribution in [3.05, 3.63) is 28.8 Å². The number of nitrogens with one attached hydrogen (secondary N) is 2. The van der Waals surface area contributed by atoms with E-state index in [1.54, 1.807) is 0 Å². The molecule has 3 N–H and O–H groups in total. The molecule has 0 saturated heterocycles. The lowest BCUT2D eigenvalue weighted by Crippen LogP contribution is -2.43. The molecule has 0 bridgehead atoms. The normalized spacial score (nSPS) is 12.8. The van der Waals surface area contributed by atoms with Crippen molar-refractivity contribution in [3.8, 4) is 0 Å². The largest absolute Gasteiger partial charge is 0.478 e. The summed E-state index contributed by atoms with van der Waals surface area (Å²) in [6, 6.07) is 2.27. The second-order valence-electron chi connectivity index (χ2n) is 3.91. The maximum atomic E-state index is 12.1. The Morgan fingerprint density at radius 2 is 1.95 bits per heavy atom. The standard InChI is InChI=1S/C11H13ClN2O5S/c1-6(10(15)13-2)14-20(18,19)9-5-7(11(16)17)3-4-8(9)12/h3-6,14H,1-2H3,(H,13,15)(H,16,17). The highest BCUT2D eigenvalue weighted by molar-refractivity contribution is 7.89. The fourth-order valence-corrected chi connectivity index (χ4v) is 3.14. The van der Waals surface area contributed by atoms with Crippen molar-refractivity contribution < 1.29 is 23.1 Å². The Morgan fingerprint density at radius 3 is 2.45 bits per heavy atom. The van der Waals surface area contributed by atoms with Gasteiger partial charge in [-0.1, -0.05) is 11.6 Å². The highest BCUT2D eigenvalue weighted by Crippen LogP contribution is 2.22. The Labute approximate surface area is 121 Å². The van der Waals surface area contributed by atoms with Crippen molar-refractivity contribution in [1.29, 1.82) is 0 Å². The summed E-state index contributed by atoms with van der Waals surface area (Å²) in [7, 11) is -2.74. The molecule has 1 atom stereocenters. The number of benzene rings is 1. The number of halogens is 1. The van der Waals surface area contributed by atoms with Crippen molar-refractivity contribution in [3.63, 3.8) is 0 Å². The summed E-state index contributed by atoms with van der Waals surface area (Å²) < 4.78 is 26.3. The van der Waals surface area contributed by atoms with E-state index in [1.165, 1.54) is 26.1 Å². The van der Waals surface area contributed by atoms with Crippen LogP contribution in [0.1, 0.15) is 17.3 Å². The van der Waals surface area contributed by atoms with Crippen molar-refractivity contribution in [2.75, 3.05) is 7.05 Å². The third kappa shape index (κ3) is 3.69. The van der Waals surface area contributed by atoms with E-state index in [2.05, 4.69) is 10.0 Å². The molecule has 1 unspecified atom stereocenters. The molecular weight excluding hydrogens is 308 g/mol. The van der Waals surface area contributed by atoms with Gasteiger partial charge in [-0.3, -0.25) is 4.79 Å². The zero-order chi connectivity index (χ0) is 15.5. The summed E-state index contributed by atoms with van der Waals surface area (Å²) in [5.74, 6) is -1.81. The SMILES string of the molecule is CNC(=O)C(C)NS(=O)(=O)c1cc(C(=O)O)ccc1Cl. The maximum absolute atomic E-state index is 12.1. The summed E-state index contributed by atoms with van der Waals surface area (Å²) in [4.78, 5) is 21.8. The number of amides is 1. The van der Waals surface area contributed by atoms with Gasteiger partial charge in [-0.05, 0) is 25.1 Å². The molecule has 20 heavy (non-hydrogen) atoms. The Kier molecular flexibility index (Phi) is 5.09. The molecule has 1 aromatic rings. The van der Waals surface area contributed by atoms with Gasteiger partial charge in [-0.25, -0.2) is 13.2 Å². The number of carbonyl (C=O) groups excluding carboxylic acids is 1. The number of rotatable bonds is 5. The Morgan fingerprint density at radius 1 is 1.35 bits per heavy atom. The van der Waals surface area contributed by atoms with Crippen LogP contribution in [0.4, 0.5) is 0 Å². The average Bonchev–Trinajstić information content (AvgIpc) is 2.37. The summed E-state index contributed by atoms with van der Waals surface area (Å²) in [6.45, 7) is 1.35. The number of hydrogen-bond donors (Lipinski definition) is 3. The molecule has 0 radical (unpaired) electrons. The number of carbonyl (C=O) groups is 2. The van der Waals surface area contributed by atoms with Gasteiger partial charge in [0.15, 0.2) is 0 Å². The molecule has 0 aromatic heterocycles. The monoisotopic (exact) mass is 320 g/mol. The van der Waals surface area contributed by atoms with Gasteiger partial charge in [0.1, 0.15) is 4.90 Å². The van der Waals surface area contributed by atoms with Gasteiger partial charge >= 0.3 is 5.97 Å². The molecule has 1 rings (SSSR count). The fraction of sp³-hybridized carbons (Fsp3) is 0.273. The van der Waals surface area contributed by atoms with Gasteiger partial charge in [0.2, 0.25) is 15.9 Å². The molecule has 0 aliphatic carbocycles. The first-order valence-electron chi connectivity index (χ1n) is 5.46. The predicted molar refractivity (Wildman–Crippen MR) is 72.3 cm³/mol. The van der Waals surface area contributed by atoms with Crippen LogP contribution < -0.4 is 10.0 Å². The lowest BCUT2D eigenvalue weighted by Gasteiger charge is -2.14. The van der Waals surface area contributed by atoms with E-state index in [9.17, 15) is 18.0 Å². The third-order valence-electron chi connectivity index (χ3n) is 2.44. The van der Waals surface area contributed by atoms with Gasteiger partial charge in [-0.15, -0.1) is 0 Å². The lowest BCUT2D eigenvalue weighted by atomic mass is 10.2. The number of hydrogen-bond acceptors (Lipinski definition) is 4. The zero-order valence-electron chi connectivity index (χ0n) is 10.7. The minimum atomic E-state index is -4.11. The first-order chi connectivity index (χ1) is 9.19. The van der Waals surface area contributed by atoms with E-state index in [0.717, 1.165) is 6.07 Å². The van der Waals surface area contributed by atoms with Crippen molar-refractivity contribution in [2.24, 2.45) is 0 Å². The smallest absolute Gasteiger partial charge is 0.335 e. The number of carboxylic acids is 1. The molecule has 110 valence electrons. The number of likely N-dealkylation sites (N-methyl/N-ethyl adjacent to an activating group) is 1. The summed E-state index contributed by atoms with van der Waals surface area (Å²) >= 11 is 5.77. The van der Waals surface area contributed by atoms with Gasteiger partial charge in [0.25, 0.3) is 0 Å². The van der Waals surface area contributed by atoms with Crippen LogP contribution in [0.5, 0.6) is 0 Å². The molecule has 0 heterocycles. The van der Waals surface area contributed by atoms with E-state index < -0.39 is 32.8 Å². The van der Waals surface area contributed by atoms with Crippen molar-refractivity contribution in [1.82, 2.24) is 10.0 Å². The maximum Gasteiger partial charge on any atom is 0.335 e. The van der Waals surface area contributed by atoms with Gasteiger partial charge in [-0.2, -0.15) is 4.72 Å². The van der Waals surface area contributed by atoms with Crippen LogP contribution in [0.3, 0.4) is 0 Å².